The number of benzene rings is 4. The normalized spacial score (nSPS) is 12.0. The summed E-state index contributed by atoms with van der Waals surface area (Å²) >= 11 is 0. The van der Waals surface area contributed by atoms with Gasteiger partial charge < -0.3 is 19.3 Å². The fraction of sp³-hybridized carbons (Fsp3) is 0.265. The topological polar surface area (TPSA) is 65.0 Å². The molecule has 0 aliphatic heterocycles. The van der Waals surface area contributed by atoms with E-state index in [-0.39, 0.29) is 12.4 Å². The van der Waals surface area contributed by atoms with Crippen molar-refractivity contribution in [2.45, 2.75) is 51.9 Å². The maximum absolute atomic E-state index is 12.3. The van der Waals surface area contributed by atoms with E-state index in [2.05, 4.69) is 0 Å². The Morgan fingerprint density at radius 3 is 2.18 bits per heavy atom. The van der Waals surface area contributed by atoms with Crippen molar-refractivity contribution in [2.24, 2.45) is 0 Å². The summed E-state index contributed by atoms with van der Waals surface area (Å²) in [5.74, 6) is 1.18. The minimum absolute atomic E-state index is 0.140. The molecule has 0 saturated carbocycles. The van der Waals surface area contributed by atoms with Gasteiger partial charge in [0.1, 0.15) is 29.8 Å². The molecule has 1 unspecified atom stereocenters. The Balaban J connectivity index is 1.50. The second-order valence-corrected chi connectivity index (χ2v) is 10.6. The summed E-state index contributed by atoms with van der Waals surface area (Å²) in [7, 11) is 1.61. The zero-order valence-corrected chi connectivity index (χ0v) is 23.0. The summed E-state index contributed by atoms with van der Waals surface area (Å²) in [5, 5.41) is 11.4. The summed E-state index contributed by atoms with van der Waals surface area (Å²) in [5.41, 5.74) is 4.90. The first-order valence-corrected chi connectivity index (χ1v) is 13.1. The van der Waals surface area contributed by atoms with Crippen molar-refractivity contribution in [3.63, 3.8) is 0 Å². The first-order chi connectivity index (χ1) is 18.7. The minimum Gasteiger partial charge on any atom is -0.497 e. The van der Waals surface area contributed by atoms with Crippen molar-refractivity contribution in [3.05, 3.63) is 130 Å². The van der Waals surface area contributed by atoms with Crippen LogP contribution in [0.4, 0.5) is 0 Å². The van der Waals surface area contributed by atoms with Crippen LogP contribution in [-0.4, -0.2) is 23.8 Å². The molecule has 0 radical (unpaired) electrons. The first-order valence-electron chi connectivity index (χ1n) is 13.1. The molecule has 4 aromatic carbocycles. The molecule has 0 bridgehead atoms. The third-order valence-electron chi connectivity index (χ3n) is 6.25. The standard InChI is InChI=1S/C34H36O5/c1-34(2,3)39-32(35)21-26-11-8-12-28(20-26)33(36)31-22-30(37-4)18-15-27(31)19-24-13-16-29(17-14-24)38-23-25-9-6-5-7-10-25/h5-18,20,22,33,36H,19,21,23H2,1-4H3. The Morgan fingerprint density at radius 2 is 1.49 bits per heavy atom. The molecule has 1 N–H and O–H groups in total. The maximum Gasteiger partial charge on any atom is 0.310 e. The van der Waals surface area contributed by atoms with Crippen molar-refractivity contribution in [1.29, 1.82) is 0 Å². The number of aliphatic hydroxyl groups is 1. The van der Waals surface area contributed by atoms with E-state index >= 15 is 0 Å². The van der Waals surface area contributed by atoms with E-state index in [0.717, 1.165) is 33.6 Å². The molecular weight excluding hydrogens is 488 g/mol. The van der Waals surface area contributed by atoms with Crippen LogP contribution in [0.1, 0.15) is 60.3 Å². The highest BCUT2D eigenvalue weighted by Gasteiger charge is 2.19. The predicted molar refractivity (Wildman–Crippen MR) is 153 cm³/mol. The first kappa shape index (κ1) is 27.9. The molecule has 0 aromatic heterocycles. The molecule has 1 atom stereocenters. The fourth-order valence-corrected chi connectivity index (χ4v) is 4.38. The number of carbonyl (C=O) groups excluding carboxylic acids is 1. The van der Waals surface area contributed by atoms with Crippen LogP contribution in [0.2, 0.25) is 0 Å². The lowest BCUT2D eigenvalue weighted by Gasteiger charge is -2.20. The van der Waals surface area contributed by atoms with E-state index in [1.807, 2.05) is 118 Å². The molecule has 4 aromatic rings. The Kier molecular flexibility index (Phi) is 9.05. The van der Waals surface area contributed by atoms with Crippen molar-refractivity contribution in [3.8, 4) is 11.5 Å². The Bertz CT molecular complexity index is 1370. The average Bonchev–Trinajstić information content (AvgIpc) is 2.92. The van der Waals surface area contributed by atoms with Gasteiger partial charge in [0.25, 0.3) is 0 Å². The lowest BCUT2D eigenvalue weighted by atomic mass is 9.92. The van der Waals surface area contributed by atoms with Gasteiger partial charge in [0.2, 0.25) is 0 Å². The molecule has 0 fully saturated rings. The van der Waals surface area contributed by atoms with Crippen molar-refractivity contribution in [2.75, 3.05) is 7.11 Å². The van der Waals surface area contributed by atoms with Crippen LogP contribution in [-0.2, 0) is 29.0 Å². The fourth-order valence-electron chi connectivity index (χ4n) is 4.38. The number of hydrogen-bond donors (Lipinski definition) is 1. The van der Waals surface area contributed by atoms with E-state index in [4.69, 9.17) is 14.2 Å². The largest absolute Gasteiger partial charge is 0.497 e. The molecule has 0 saturated heterocycles. The predicted octanol–water partition coefficient (Wildman–Crippen LogP) is 6.83. The summed E-state index contributed by atoms with van der Waals surface area (Å²) in [4.78, 5) is 12.3. The zero-order valence-electron chi connectivity index (χ0n) is 23.0. The molecule has 0 heterocycles. The molecule has 0 spiro atoms. The van der Waals surface area contributed by atoms with Gasteiger partial charge >= 0.3 is 5.97 Å². The van der Waals surface area contributed by atoms with Gasteiger partial charge in [-0.2, -0.15) is 0 Å². The van der Waals surface area contributed by atoms with E-state index in [0.29, 0.717) is 24.3 Å². The van der Waals surface area contributed by atoms with Gasteiger partial charge in [0.05, 0.1) is 13.5 Å². The third-order valence-corrected chi connectivity index (χ3v) is 6.25. The molecular formula is C34H36O5. The number of esters is 1. The summed E-state index contributed by atoms with van der Waals surface area (Å²) < 4.78 is 16.8. The molecule has 5 nitrogen and oxygen atoms in total. The lowest BCUT2D eigenvalue weighted by Crippen LogP contribution is -2.24. The Hall–Kier alpha value is -4.09. The highest BCUT2D eigenvalue weighted by molar-refractivity contribution is 5.73. The second kappa shape index (κ2) is 12.6. The number of aliphatic hydroxyl groups excluding tert-OH is 1. The minimum atomic E-state index is -0.887. The number of hydrogen-bond acceptors (Lipinski definition) is 5. The SMILES string of the molecule is COc1ccc(Cc2ccc(OCc3ccccc3)cc2)c(C(O)c2cccc(CC(=O)OC(C)(C)C)c2)c1. The van der Waals surface area contributed by atoms with Gasteiger partial charge in [-0.05, 0) is 84.8 Å². The summed E-state index contributed by atoms with van der Waals surface area (Å²) in [6.45, 7) is 6.06. The number of ether oxygens (including phenoxy) is 3. The third kappa shape index (κ3) is 8.20. The Labute approximate surface area is 231 Å². The van der Waals surface area contributed by atoms with Crippen LogP contribution in [0.25, 0.3) is 0 Å². The van der Waals surface area contributed by atoms with Gasteiger partial charge in [-0.1, -0.05) is 72.8 Å². The van der Waals surface area contributed by atoms with Crippen molar-refractivity contribution < 1.29 is 24.1 Å². The van der Waals surface area contributed by atoms with E-state index < -0.39 is 11.7 Å². The van der Waals surface area contributed by atoms with Crippen LogP contribution in [0.5, 0.6) is 11.5 Å². The van der Waals surface area contributed by atoms with Gasteiger partial charge in [-0.15, -0.1) is 0 Å². The lowest BCUT2D eigenvalue weighted by molar-refractivity contribution is -0.153. The quantitative estimate of drug-likeness (QED) is 0.230. The van der Waals surface area contributed by atoms with Gasteiger partial charge in [-0.25, -0.2) is 0 Å². The van der Waals surface area contributed by atoms with Gasteiger partial charge in [0.15, 0.2) is 0 Å². The highest BCUT2D eigenvalue weighted by atomic mass is 16.6. The number of methoxy groups -OCH3 is 1. The van der Waals surface area contributed by atoms with E-state index in [1.165, 1.54) is 0 Å². The van der Waals surface area contributed by atoms with Crippen molar-refractivity contribution >= 4 is 5.97 Å². The van der Waals surface area contributed by atoms with E-state index in [1.54, 1.807) is 7.11 Å². The summed E-state index contributed by atoms with van der Waals surface area (Å²) in [6.07, 6.45) is -0.115. The molecule has 0 aliphatic rings. The summed E-state index contributed by atoms with van der Waals surface area (Å²) in [6, 6.07) is 31.3. The van der Waals surface area contributed by atoms with Crippen LogP contribution in [0.15, 0.2) is 97.1 Å². The monoisotopic (exact) mass is 524 g/mol. The number of carbonyl (C=O) groups is 1. The maximum atomic E-state index is 12.3. The van der Waals surface area contributed by atoms with Crippen LogP contribution in [0, 0.1) is 0 Å². The molecule has 202 valence electrons. The second-order valence-electron chi connectivity index (χ2n) is 10.6. The molecule has 0 amide bonds. The molecule has 5 heteroatoms. The highest BCUT2D eigenvalue weighted by Crippen LogP contribution is 2.31. The van der Waals surface area contributed by atoms with Crippen LogP contribution < -0.4 is 9.47 Å². The van der Waals surface area contributed by atoms with Crippen molar-refractivity contribution in [1.82, 2.24) is 0 Å². The van der Waals surface area contributed by atoms with Gasteiger partial charge in [-0.3, -0.25) is 4.79 Å². The Morgan fingerprint density at radius 1 is 0.795 bits per heavy atom. The smallest absolute Gasteiger partial charge is 0.310 e. The van der Waals surface area contributed by atoms with Gasteiger partial charge in [0, 0.05) is 0 Å². The molecule has 39 heavy (non-hydrogen) atoms. The zero-order chi connectivity index (χ0) is 27.8. The molecule has 4 rings (SSSR count). The number of rotatable bonds is 10. The van der Waals surface area contributed by atoms with Crippen LogP contribution in [0.3, 0.4) is 0 Å². The van der Waals surface area contributed by atoms with E-state index in [9.17, 15) is 9.90 Å². The molecule has 0 aliphatic carbocycles. The van der Waals surface area contributed by atoms with Crippen LogP contribution >= 0.6 is 0 Å². The average molecular weight is 525 g/mol.